The first kappa shape index (κ1) is 81.8. The Bertz CT molecular complexity index is 3140. The number of aromatic carboxylic acids is 4. The van der Waals surface area contributed by atoms with Crippen LogP contribution in [0.2, 0.25) is 0 Å². The topological polar surface area (TPSA) is 635 Å². The smallest absolute Gasteiger partial charge is 0.618 e. The summed E-state index contributed by atoms with van der Waals surface area (Å²) < 4.78 is 0.339. The maximum Gasteiger partial charge on any atom is 2.00 e. The van der Waals surface area contributed by atoms with E-state index in [1.165, 1.54) is 0 Å². The van der Waals surface area contributed by atoms with Crippen molar-refractivity contribution < 1.29 is 147 Å². The Morgan fingerprint density at radius 2 is 0.463 bits per heavy atom. The van der Waals surface area contributed by atoms with Gasteiger partial charge in [-0.05, 0) is 48.5 Å². The second kappa shape index (κ2) is 36.4. The fourth-order valence-corrected chi connectivity index (χ4v) is 6.90. The van der Waals surface area contributed by atoms with Gasteiger partial charge in [0.2, 0.25) is 0 Å². The number of nitrogens with zero attached hydrogens (tertiary/aromatic N) is 8. The second-order valence-corrected chi connectivity index (χ2v) is 14.0. The maximum absolute atomic E-state index is 11.7. The molecule has 0 spiro atoms. The zero-order valence-corrected chi connectivity index (χ0v) is 42.1. The Morgan fingerprint density at radius 3 is 0.625 bits per heavy atom. The van der Waals surface area contributed by atoms with E-state index in [1.807, 2.05) is 24.3 Å². The number of hydrogen-bond donors (Lipinski definition) is 0. The minimum Gasteiger partial charge on any atom is -0.618 e. The van der Waals surface area contributed by atoms with Crippen molar-refractivity contribution in [1.82, 2.24) is 19.9 Å². The number of carboxylic acid groups (broad SMARTS) is 4. The molecule has 0 saturated heterocycles. The first-order valence-electron chi connectivity index (χ1n) is 19.7. The van der Waals surface area contributed by atoms with Crippen LogP contribution in [0.15, 0.2) is 171 Å². The Morgan fingerprint density at radius 1 is 0.287 bits per heavy atom. The van der Waals surface area contributed by atoms with Gasteiger partial charge in [0, 0.05) is 70.6 Å². The minimum atomic E-state index is -1.71. The summed E-state index contributed by atoms with van der Waals surface area (Å²) >= 11 is 0. The van der Waals surface area contributed by atoms with Gasteiger partial charge in [0.1, 0.15) is 0 Å². The molecule has 10 rings (SSSR count). The van der Waals surface area contributed by atoms with E-state index in [2.05, 4.69) is 68.5 Å². The van der Waals surface area contributed by atoms with Crippen molar-refractivity contribution in [3.63, 3.8) is 0 Å². The molecule has 0 aliphatic heterocycles. The summed E-state index contributed by atoms with van der Waals surface area (Å²) in [7, 11) is 0. The van der Waals surface area contributed by atoms with E-state index in [4.69, 9.17) is 0 Å². The van der Waals surface area contributed by atoms with Gasteiger partial charge in [0.25, 0.3) is 22.8 Å². The Balaban J connectivity index is -0.000000219. The fraction of sp³-hybridized carbons (Fsp3) is 0. The Kier molecular flexibility index (Phi) is 37.2. The molecule has 434 valence electrons. The largest absolute Gasteiger partial charge is 2.00 e. The van der Waals surface area contributed by atoms with Crippen molar-refractivity contribution in [2.75, 3.05) is 0 Å². The molecule has 32 heteroatoms. The minimum absolute atomic E-state index is 0. The molecule has 0 saturated carbocycles. The summed E-state index contributed by atoms with van der Waals surface area (Å²) in [4.78, 5) is 61.4. The van der Waals surface area contributed by atoms with E-state index in [0.717, 1.165) is 117 Å². The number of rotatable bonds is 6. The van der Waals surface area contributed by atoms with Crippen LogP contribution in [0.25, 0.3) is 66.4 Å². The summed E-state index contributed by atoms with van der Waals surface area (Å²) in [6.45, 7) is 0. The van der Waals surface area contributed by atoms with Gasteiger partial charge in [0.05, 0.1) is 68.2 Å². The molecule has 2 aromatic carbocycles. The van der Waals surface area contributed by atoms with Gasteiger partial charge >= 0.3 is 34.1 Å². The maximum atomic E-state index is 11.7. The molecule has 0 amide bonds. The van der Waals surface area contributed by atoms with Gasteiger partial charge in [-0.15, -0.1) is 0 Å². The van der Waals surface area contributed by atoms with Gasteiger partial charge in [-0.25, -0.2) is 0 Å². The molecule has 0 aliphatic carbocycles. The summed E-state index contributed by atoms with van der Waals surface area (Å²) in [5, 5.41) is 95.5. The predicted molar refractivity (Wildman–Crippen MR) is 267 cm³/mol. The summed E-state index contributed by atoms with van der Waals surface area (Å²) in [5.41, 5.74) is -0.968. The van der Waals surface area contributed by atoms with Crippen LogP contribution in [0, 0.1) is 20.8 Å². The Hall–Kier alpha value is -9.60. The third-order valence-corrected chi connectivity index (χ3v) is 9.86. The van der Waals surface area contributed by atoms with Gasteiger partial charge in [-0.1, -0.05) is 48.5 Å². The van der Waals surface area contributed by atoms with Crippen molar-refractivity contribution in [2.45, 2.75) is 0 Å². The van der Waals surface area contributed by atoms with E-state index in [0.29, 0.717) is 0 Å². The van der Waals surface area contributed by atoms with Gasteiger partial charge < -0.3 is 115 Å². The van der Waals surface area contributed by atoms with Crippen LogP contribution in [0.4, 0.5) is 0 Å². The van der Waals surface area contributed by atoms with Crippen LogP contribution in [0.1, 0.15) is 41.4 Å². The quantitative estimate of drug-likeness (QED) is 0.0646. The standard InChI is InChI=1S/2C12H8N2O6.2C12H8N2.2Cu.10H2O/c2*15-11(16)7-3-1-5-13(19)9(7)10-8(12(17)18)4-2-6-14(10)20;2*1-3-9-5-6-10-4-2-8-14-12(10)11(9)13-7-1;;;;;;;;;;;;/h2*1-6H,(H,15,16)(H,17,18);2*1-8H;;;10*1H2/q;;;;2*+2;;;;;;;;;;/p-4. The first-order chi connectivity index (χ1) is 32.8. The number of fused-ring (bicyclic) bond motifs is 6. The molecule has 30 nitrogen and oxygen atoms in total. The molecule has 0 aliphatic rings. The summed E-state index contributed by atoms with van der Waals surface area (Å²) in [5.74, 6) is -6.84. The van der Waals surface area contributed by atoms with E-state index >= 15 is 0 Å². The number of benzene rings is 2. The van der Waals surface area contributed by atoms with Gasteiger partial charge in [0.15, 0.2) is 24.8 Å². The van der Waals surface area contributed by atoms with Crippen LogP contribution >= 0.6 is 0 Å². The number of pyridine rings is 8. The second-order valence-electron chi connectivity index (χ2n) is 14.0. The molecule has 10 aromatic rings. The van der Waals surface area contributed by atoms with Crippen LogP contribution < -0.4 is 39.3 Å². The molecular weight excluding hydrogens is 1170 g/mol. The van der Waals surface area contributed by atoms with Crippen LogP contribution in [-0.2, 0) is 34.1 Å². The van der Waals surface area contributed by atoms with Gasteiger partial charge in [-0.3, -0.25) is 19.9 Å². The summed E-state index contributed by atoms with van der Waals surface area (Å²) in [6, 6.07) is 33.0. The van der Waals surface area contributed by atoms with Crippen LogP contribution in [0.5, 0.6) is 0 Å². The third kappa shape index (κ3) is 17.7. The molecule has 0 unspecified atom stereocenters. The average Bonchev–Trinajstić information content (AvgIpc) is 3.34. The number of carboxylic acids is 4. The van der Waals surface area contributed by atoms with E-state index in [-0.39, 0.29) is 108 Å². The average molecular weight is 1220 g/mol. The molecule has 2 radical (unpaired) electrons. The zero-order valence-electron chi connectivity index (χ0n) is 40.2. The predicted octanol–water partition coefficient (Wildman–Crippen LogP) is -7.99. The number of carbonyl (C=O) groups is 4. The normalized spacial score (nSPS) is 8.90. The SMILES string of the molecule is O.O.O.O.O.O.O.O.O.O.O=C([O-])c1ccc[n+]([O-])c1-c1c(C(=O)[O-])ccc[n+]1[O-].O=C([O-])c1ccc[n+]([O-])c1-c1c(C(=O)[O-])ccc[n+]1[O-].[Cu+2].[Cu+2].c1cnc2c(c1)ccc1cccnc12.c1cnc2c(c1)ccc1cccnc12. The van der Waals surface area contributed by atoms with E-state index < -0.39 is 68.9 Å². The molecular formula is C48H48Cu2N8O22. The van der Waals surface area contributed by atoms with Crippen LogP contribution in [0.3, 0.4) is 0 Å². The molecule has 8 aromatic heterocycles. The van der Waals surface area contributed by atoms with Crippen molar-refractivity contribution in [1.29, 1.82) is 0 Å². The molecule has 0 bridgehead atoms. The van der Waals surface area contributed by atoms with Crippen molar-refractivity contribution >= 4 is 67.5 Å². The van der Waals surface area contributed by atoms with Crippen LogP contribution in [-0.4, -0.2) is 98.6 Å². The number of carbonyl (C=O) groups excluding carboxylic acids is 4. The van der Waals surface area contributed by atoms with Gasteiger partial charge in [-0.2, -0.15) is 18.9 Å². The molecule has 0 atom stereocenters. The summed E-state index contributed by atoms with van der Waals surface area (Å²) in [6.07, 6.45) is 11.0. The zero-order chi connectivity index (χ0) is 48.5. The van der Waals surface area contributed by atoms with E-state index in [9.17, 15) is 60.4 Å². The van der Waals surface area contributed by atoms with Crippen molar-refractivity contribution in [3.05, 3.63) is 214 Å². The third-order valence-electron chi connectivity index (χ3n) is 9.86. The molecule has 0 fully saturated rings. The number of aromatic nitrogens is 8. The Labute approximate surface area is 469 Å². The van der Waals surface area contributed by atoms with Crippen molar-refractivity contribution in [3.8, 4) is 22.8 Å². The number of hydrogen-bond acceptors (Lipinski definition) is 16. The first-order valence-corrected chi connectivity index (χ1v) is 19.7. The molecule has 8 heterocycles. The van der Waals surface area contributed by atoms with Crippen molar-refractivity contribution in [2.24, 2.45) is 0 Å². The molecule has 20 N–H and O–H groups in total. The fourth-order valence-electron chi connectivity index (χ4n) is 6.90. The monoisotopic (exact) mass is 1210 g/mol. The van der Waals surface area contributed by atoms with E-state index in [1.54, 1.807) is 24.8 Å². The molecule has 80 heavy (non-hydrogen) atoms.